The number of aromatic nitrogens is 2. The Kier molecular flexibility index (Phi) is 3.41. The fourth-order valence-electron chi connectivity index (χ4n) is 1.58. The third-order valence-corrected chi connectivity index (χ3v) is 2.50. The zero-order valence-electron chi connectivity index (χ0n) is 10.6. The lowest BCUT2D eigenvalue weighted by atomic mass is 10.3. The summed E-state index contributed by atoms with van der Waals surface area (Å²) in [5.74, 6) is -0.650. The molecule has 0 bridgehead atoms. The van der Waals surface area contributed by atoms with Crippen LogP contribution in [0, 0.1) is 0 Å². The lowest BCUT2D eigenvalue weighted by Gasteiger charge is -2.11. The van der Waals surface area contributed by atoms with Crippen molar-refractivity contribution in [1.82, 2.24) is 9.55 Å². The van der Waals surface area contributed by atoms with E-state index in [4.69, 9.17) is 9.84 Å². The number of benzene rings is 1. The number of aromatic carboxylic acids is 1. The molecular formula is C13H14N2O4. The van der Waals surface area contributed by atoms with Gasteiger partial charge in [0.15, 0.2) is 5.69 Å². The Bertz CT molecular complexity index is 604. The van der Waals surface area contributed by atoms with Crippen LogP contribution in [0.4, 0.5) is 0 Å². The number of hydrogen-bond acceptors (Lipinski definition) is 4. The van der Waals surface area contributed by atoms with Crippen molar-refractivity contribution in [2.24, 2.45) is 0 Å². The minimum absolute atomic E-state index is 0.00732. The number of ether oxygens (including phenoxy) is 1. The summed E-state index contributed by atoms with van der Waals surface area (Å²) in [6.07, 6.45) is 1.42. The number of carbonyl (C=O) groups is 1. The highest BCUT2D eigenvalue weighted by Gasteiger charge is 2.16. The van der Waals surface area contributed by atoms with Crippen molar-refractivity contribution < 1.29 is 19.7 Å². The SMILES string of the molecule is CC(C)n1cc(C(=O)O)nc1Oc1cccc(O)c1. The van der Waals surface area contributed by atoms with Gasteiger partial charge in [0.05, 0.1) is 0 Å². The number of phenolic OH excluding ortho intramolecular Hbond substituents is 1. The van der Waals surface area contributed by atoms with Crippen LogP contribution in [0.3, 0.4) is 0 Å². The van der Waals surface area contributed by atoms with E-state index in [0.717, 1.165) is 0 Å². The molecule has 0 saturated heterocycles. The molecule has 1 aromatic carbocycles. The third kappa shape index (κ3) is 2.85. The Morgan fingerprint density at radius 1 is 1.42 bits per heavy atom. The van der Waals surface area contributed by atoms with Crippen molar-refractivity contribution in [3.05, 3.63) is 36.2 Å². The number of carboxylic acid groups (broad SMARTS) is 1. The summed E-state index contributed by atoms with van der Waals surface area (Å²) in [6, 6.07) is 6.42. The van der Waals surface area contributed by atoms with E-state index in [0.29, 0.717) is 5.75 Å². The molecule has 1 aromatic heterocycles. The molecule has 1 heterocycles. The molecule has 0 unspecified atom stereocenters. The number of nitrogens with zero attached hydrogens (tertiary/aromatic N) is 2. The smallest absolute Gasteiger partial charge is 0.356 e. The van der Waals surface area contributed by atoms with Crippen LogP contribution >= 0.6 is 0 Å². The second-order valence-corrected chi connectivity index (χ2v) is 4.31. The van der Waals surface area contributed by atoms with Crippen LogP contribution in [0.15, 0.2) is 30.5 Å². The van der Waals surface area contributed by atoms with Crippen LogP contribution in [-0.2, 0) is 0 Å². The zero-order chi connectivity index (χ0) is 14.0. The van der Waals surface area contributed by atoms with Crippen molar-refractivity contribution in [3.63, 3.8) is 0 Å². The van der Waals surface area contributed by atoms with Gasteiger partial charge in [-0.05, 0) is 26.0 Å². The summed E-state index contributed by atoms with van der Waals surface area (Å²) >= 11 is 0. The van der Waals surface area contributed by atoms with E-state index in [1.165, 1.54) is 18.3 Å². The monoisotopic (exact) mass is 262 g/mol. The molecule has 100 valence electrons. The van der Waals surface area contributed by atoms with E-state index in [2.05, 4.69) is 4.98 Å². The second-order valence-electron chi connectivity index (χ2n) is 4.31. The maximum Gasteiger partial charge on any atom is 0.356 e. The van der Waals surface area contributed by atoms with Gasteiger partial charge in [-0.15, -0.1) is 0 Å². The van der Waals surface area contributed by atoms with Crippen LogP contribution in [0.25, 0.3) is 0 Å². The van der Waals surface area contributed by atoms with Gasteiger partial charge in [0.2, 0.25) is 0 Å². The minimum atomic E-state index is -1.11. The van der Waals surface area contributed by atoms with Crippen LogP contribution < -0.4 is 4.74 Å². The Hall–Kier alpha value is -2.50. The molecule has 0 amide bonds. The molecule has 0 saturated carbocycles. The van der Waals surface area contributed by atoms with Crippen molar-refractivity contribution in [2.45, 2.75) is 19.9 Å². The summed E-state index contributed by atoms with van der Waals surface area (Å²) in [4.78, 5) is 14.8. The molecule has 0 fully saturated rings. The summed E-state index contributed by atoms with van der Waals surface area (Å²) in [5, 5.41) is 18.3. The molecule has 19 heavy (non-hydrogen) atoms. The summed E-state index contributed by atoms with van der Waals surface area (Å²) in [5.41, 5.74) is -0.0798. The van der Waals surface area contributed by atoms with Crippen LogP contribution in [0.5, 0.6) is 17.5 Å². The molecule has 2 rings (SSSR count). The highest BCUT2D eigenvalue weighted by Crippen LogP contribution is 2.26. The minimum Gasteiger partial charge on any atom is -0.508 e. The Morgan fingerprint density at radius 2 is 2.16 bits per heavy atom. The number of rotatable bonds is 4. The maximum absolute atomic E-state index is 10.9. The van der Waals surface area contributed by atoms with Gasteiger partial charge in [-0.2, -0.15) is 4.98 Å². The third-order valence-electron chi connectivity index (χ3n) is 2.50. The Morgan fingerprint density at radius 3 is 2.74 bits per heavy atom. The van der Waals surface area contributed by atoms with Gasteiger partial charge < -0.3 is 14.9 Å². The topological polar surface area (TPSA) is 84.6 Å². The molecule has 2 aromatic rings. The van der Waals surface area contributed by atoms with Gasteiger partial charge >= 0.3 is 12.0 Å². The standard InChI is InChI=1S/C13H14N2O4/c1-8(2)15-7-11(12(17)18)14-13(15)19-10-5-3-4-9(16)6-10/h3-8,16H,1-2H3,(H,17,18). The molecule has 0 aliphatic heterocycles. The first-order valence-corrected chi connectivity index (χ1v) is 5.76. The predicted molar refractivity (Wildman–Crippen MR) is 67.8 cm³/mol. The van der Waals surface area contributed by atoms with E-state index >= 15 is 0 Å². The van der Waals surface area contributed by atoms with Crippen molar-refractivity contribution in [2.75, 3.05) is 0 Å². The lowest BCUT2D eigenvalue weighted by molar-refractivity contribution is 0.0690. The number of imidazole rings is 1. The highest BCUT2D eigenvalue weighted by atomic mass is 16.5. The Labute approximate surface area is 109 Å². The van der Waals surface area contributed by atoms with Gasteiger partial charge in [-0.1, -0.05) is 6.07 Å². The summed E-state index contributed by atoms with van der Waals surface area (Å²) < 4.78 is 7.13. The molecule has 6 heteroatoms. The number of carboxylic acids is 1. The fourth-order valence-corrected chi connectivity index (χ4v) is 1.58. The fraction of sp³-hybridized carbons (Fsp3) is 0.231. The first-order valence-electron chi connectivity index (χ1n) is 5.76. The number of hydrogen-bond donors (Lipinski definition) is 2. The quantitative estimate of drug-likeness (QED) is 0.884. The van der Waals surface area contributed by atoms with E-state index in [-0.39, 0.29) is 23.5 Å². The van der Waals surface area contributed by atoms with Crippen molar-refractivity contribution in [1.29, 1.82) is 0 Å². The normalized spacial score (nSPS) is 10.7. The molecule has 0 radical (unpaired) electrons. The summed E-state index contributed by atoms with van der Waals surface area (Å²) in [7, 11) is 0. The summed E-state index contributed by atoms with van der Waals surface area (Å²) in [6.45, 7) is 3.78. The van der Waals surface area contributed by atoms with Gasteiger partial charge in [0, 0.05) is 18.3 Å². The van der Waals surface area contributed by atoms with Crippen molar-refractivity contribution >= 4 is 5.97 Å². The molecule has 2 N–H and O–H groups in total. The first kappa shape index (κ1) is 12.9. The number of phenols is 1. The van der Waals surface area contributed by atoms with Crippen molar-refractivity contribution in [3.8, 4) is 17.5 Å². The highest BCUT2D eigenvalue weighted by molar-refractivity contribution is 5.85. The average Bonchev–Trinajstić information content (AvgIpc) is 2.73. The molecular weight excluding hydrogens is 248 g/mol. The van der Waals surface area contributed by atoms with E-state index in [9.17, 15) is 9.90 Å². The van der Waals surface area contributed by atoms with Gasteiger partial charge in [0.1, 0.15) is 11.5 Å². The zero-order valence-corrected chi connectivity index (χ0v) is 10.6. The molecule has 0 spiro atoms. The van der Waals surface area contributed by atoms with E-state index in [1.807, 2.05) is 13.8 Å². The predicted octanol–water partition coefficient (Wildman–Crippen LogP) is 2.66. The Balaban J connectivity index is 2.35. The lowest BCUT2D eigenvalue weighted by Crippen LogP contribution is -2.02. The number of aromatic hydroxyl groups is 1. The van der Waals surface area contributed by atoms with Crippen LogP contribution in [0.2, 0.25) is 0 Å². The van der Waals surface area contributed by atoms with E-state index in [1.54, 1.807) is 16.7 Å². The molecule has 0 aliphatic rings. The molecule has 6 nitrogen and oxygen atoms in total. The second kappa shape index (κ2) is 5.01. The first-order chi connectivity index (χ1) is 8.97. The van der Waals surface area contributed by atoms with Gasteiger partial charge in [-0.25, -0.2) is 4.79 Å². The van der Waals surface area contributed by atoms with Gasteiger partial charge in [-0.3, -0.25) is 4.57 Å². The molecule has 0 atom stereocenters. The van der Waals surface area contributed by atoms with Crippen LogP contribution in [-0.4, -0.2) is 25.7 Å². The van der Waals surface area contributed by atoms with E-state index < -0.39 is 5.97 Å². The van der Waals surface area contributed by atoms with Gasteiger partial charge in [0.25, 0.3) is 0 Å². The maximum atomic E-state index is 10.9. The van der Waals surface area contributed by atoms with Crippen LogP contribution in [0.1, 0.15) is 30.4 Å². The largest absolute Gasteiger partial charge is 0.508 e. The molecule has 0 aliphatic carbocycles. The average molecular weight is 262 g/mol.